The molecule has 0 fully saturated rings. The van der Waals surface area contributed by atoms with Crippen molar-refractivity contribution >= 4 is 23.8 Å². The molecule has 2 aromatic rings. The molecule has 0 saturated heterocycles. The van der Waals surface area contributed by atoms with Crippen molar-refractivity contribution in [2.75, 3.05) is 0 Å². The smallest absolute Gasteiger partial charge is 0.317 e. The van der Waals surface area contributed by atoms with Gasteiger partial charge in [0.05, 0.1) is 10.8 Å². The lowest BCUT2D eigenvalue weighted by Crippen LogP contribution is -2.46. The molecular weight excluding hydrogens is 472 g/mol. The number of ether oxygens (including phenoxy) is 2. The molecule has 0 bridgehead atoms. The maximum Gasteiger partial charge on any atom is 0.317 e. The van der Waals surface area contributed by atoms with Gasteiger partial charge < -0.3 is 20.1 Å². The van der Waals surface area contributed by atoms with Crippen LogP contribution in [0, 0.1) is 10.8 Å². The zero-order valence-electron chi connectivity index (χ0n) is 22.5. The molecule has 0 saturated carbocycles. The highest BCUT2D eigenvalue weighted by Crippen LogP contribution is 2.26. The molecule has 2 unspecified atom stereocenters. The van der Waals surface area contributed by atoms with Crippen LogP contribution >= 0.6 is 0 Å². The van der Waals surface area contributed by atoms with Gasteiger partial charge in [0, 0.05) is 13.1 Å². The first kappa shape index (κ1) is 29.5. The molecular formula is C29H38N2O6. The molecule has 0 aliphatic heterocycles. The molecule has 2 amide bonds. The van der Waals surface area contributed by atoms with Gasteiger partial charge in [-0.15, -0.1) is 0 Å². The van der Waals surface area contributed by atoms with Crippen LogP contribution in [-0.2, 0) is 41.7 Å². The van der Waals surface area contributed by atoms with Gasteiger partial charge in [0.15, 0.2) is 0 Å². The summed E-state index contributed by atoms with van der Waals surface area (Å²) in [5.74, 6) is -2.17. The molecule has 0 aliphatic rings. The highest BCUT2D eigenvalue weighted by Gasteiger charge is 2.38. The van der Waals surface area contributed by atoms with Crippen LogP contribution in [0.5, 0.6) is 0 Å². The molecule has 2 rings (SSSR count). The van der Waals surface area contributed by atoms with Crippen LogP contribution in [-0.4, -0.2) is 36.0 Å². The monoisotopic (exact) mass is 510 g/mol. The van der Waals surface area contributed by atoms with E-state index in [2.05, 4.69) is 10.6 Å². The number of rotatable bonds is 12. The summed E-state index contributed by atoms with van der Waals surface area (Å²) in [6.07, 6.45) is -2.21. The minimum atomic E-state index is -1.03. The maximum absolute atomic E-state index is 12.7. The van der Waals surface area contributed by atoms with Gasteiger partial charge in [0.25, 0.3) is 0 Å². The predicted octanol–water partition coefficient (Wildman–Crippen LogP) is 3.93. The number of esters is 2. The van der Waals surface area contributed by atoms with Gasteiger partial charge >= 0.3 is 11.9 Å². The zero-order chi connectivity index (χ0) is 27.6. The summed E-state index contributed by atoms with van der Waals surface area (Å²) >= 11 is 0. The number of nitrogens with one attached hydrogen (secondary N) is 2. The third-order valence-electron chi connectivity index (χ3n) is 6.70. The predicted molar refractivity (Wildman–Crippen MR) is 140 cm³/mol. The van der Waals surface area contributed by atoms with Gasteiger partial charge in [-0.1, -0.05) is 60.7 Å². The summed E-state index contributed by atoms with van der Waals surface area (Å²) in [5.41, 5.74) is -0.157. The molecule has 2 aromatic carbocycles. The van der Waals surface area contributed by atoms with Crippen molar-refractivity contribution in [3.8, 4) is 0 Å². The number of carbonyl (C=O) groups excluding carboxylic acids is 4. The molecule has 0 aromatic heterocycles. The SMILES string of the molecule is CC(OC(=O)CC(=O)OC(C)C(C)(C)C(=O)NCc1ccccc1)C(C)(C)C(=O)NCc1ccccc1. The molecule has 200 valence electrons. The van der Waals surface area contributed by atoms with Gasteiger partial charge in [-0.05, 0) is 52.7 Å². The first-order valence-corrected chi connectivity index (χ1v) is 12.4. The summed E-state index contributed by atoms with van der Waals surface area (Å²) in [6.45, 7) is 10.6. The molecule has 2 N–H and O–H groups in total. The second kappa shape index (κ2) is 13.0. The fourth-order valence-electron chi connectivity index (χ4n) is 3.27. The van der Waals surface area contributed by atoms with E-state index >= 15 is 0 Å². The van der Waals surface area contributed by atoms with E-state index in [4.69, 9.17) is 9.47 Å². The summed E-state index contributed by atoms with van der Waals surface area (Å²) in [6, 6.07) is 18.9. The summed E-state index contributed by atoms with van der Waals surface area (Å²) in [4.78, 5) is 50.2. The Bertz CT molecular complexity index is 981. The second-order valence-electron chi connectivity index (χ2n) is 10.2. The topological polar surface area (TPSA) is 111 Å². The summed E-state index contributed by atoms with van der Waals surface area (Å²) in [5, 5.41) is 5.70. The quantitative estimate of drug-likeness (QED) is 0.331. The highest BCUT2D eigenvalue weighted by molar-refractivity contribution is 5.92. The Morgan fingerprint density at radius 1 is 0.649 bits per heavy atom. The normalized spacial score (nSPS) is 13.1. The molecule has 8 nitrogen and oxygen atoms in total. The Balaban J connectivity index is 1.82. The van der Waals surface area contributed by atoms with E-state index in [0.29, 0.717) is 13.1 Å². The van der Waals surface area contributed by atoms with E-state index in [1.165, 1.54) is 0 Å². The minimum absolute atomic E-state index is 0.281. The third-order valence-corrected chi connectivity index (χ3v) is 6.70. The van der Waals surface area contributed by atoms with E-state index in [0.717, 1.165) is 11.1 Å². The number of amides is 2. The summed E-state index contributed by atoms with van der Waals surface area (Å²) < 4.78 is 10.8. The van der Waals surface area contributed by atoms with Gasteiger partial charge in [0.2, 0.25) is 11.8 Å². The van der Waals surface area contributed by atoms with Gasteiger partial charge in [-0.25, -0.2) is 0 Å². The van der Waals surface area contributed by atoms with Crippen LogP contribution in [0.1, 0.15) is 59.1 Å². The molecule has 0 radical (unpaired) electrons. The lowest BCUT2D eigenvalue weighted by Gasteiger charge is -2.31. The van der Waals surface area contributed by atoms with E-state index < -0.39 is 41.4 Å². The Hall–Kier alpha value is -3.68. The van der Waals surface area contributed by atoms with Crippen LogP contribution in [0.2, 0.25) is 0 Å². The Morgan fingerprint density at radius 3 is 1.30 bits per heavy atom. The van der Waals surface area contributed by atoms with Gasteiger partial charge in [0.1, 0.15) is 18.6 Å². The standard InChI is InChI=1S/C29H38N2O6/c1-20(28(3,4)26(34)30-18-22-13-9-7-10-14-22)36-24(32)17-25(33)37-21(2)29(5,6)27(35)31-19-23-15-11-8-12-16-23/h7-16,20-21H,17-19H2,1-6H3,(H,30,34)(H,31,35). The molecule has 2 atom stereocenters. The van der Waals surface area contributed by atoms with E-state index in [1.54, 1.807) is 41.5 Å². The average molecular weight is 511 g/mol. The molecule has 37 heavy (non-hydrogen) atoms. The number of hydrogen-bond donors (Lipinski definition) is 2. The molecule has 0 heterocycles. The minimum Gasteiger partial charge on any atom is -0.461 e. The lowest BCUT2D eigenvalue weighted by molar-refractivity contribution is -0.167. The first-order valence-electron chi connectivity index (χ1n) is 12.4. The Kier molecular flexibility index (Phi) is 10.4. The van der Waals surface area contributed by atoms with Gasteiger partial charge in [-0.3, -0.25) is 19.2 Å². The fourth-order valence-corrected chi connectivity index (χ4v) is 3.27. The number of hydrogen-bond acceptors (Lipinski definition) is 6. The van der Waals surface area contributed by atoms with Crippen LogP contribution < -0.4 is 10.6 Å². The number of carbonyl (C=O) groups is 4. The first-order chi connectivity index (χ1) is 17.3. The molecule has 8 heteroatoms. The molecule has 0 aliphatic carbocycles. The van der Waals surface area contributed by atoms with Crippen LogP contribution in [0.3, 0.4) is 0 Å². The van der Waals surface area contributed by atoms with Crippen molar-refractivity contribution in [3.63, 3.8) is 0 Å². The maximum atomic E-state index is 12.7. The fraction of sp³-hybridized carbons (Fsp3) is 0.448. The van der Waals surface area contributed by atoms with E-state index in [-0.39, 0.29) is 11.8 Å². The Labute approximate surface area is 219 Å². The van der Waals surface area contributed by atoms with Crippen molar-refractivity contribution in [3.05, 3.63) is 71.8 Å². The summed E-state index contributed by atoms with van der Waals surface area (Å²) in [7, 11) is 0. The highest BCUT2D eigenvalue weighted by atomic mass is 16.6. The third kappa shape index (κ3) is 8.74. The van der Waals surface area contributed by atoms with Crippen molar-refractivity contribution in [2.24, 2.45) is 10.8 Å². The van der Waals surface area contributed by atoms with Crippen molar-refractivity contribution < 1.29 is 28.7 Å². The lowest BCUT2D eigenvalue weighted by atomic mass is 9.86. The van der Waals surface area contributed by atoms with E-state index in [9.17, 15) is 19.2 Å². The average Bonchev–Trinajstić information content (AvgIpc) is 2.86. The van der Waals surface area contributed by atoms with Crippen LogP contribution in [0.15, 0.2) is 60.7 Å². The Morgan fingerprint density at radius 2 is 0.973 bits per heavy atom. The molecule has 0 spiro atoms. The van der Waals surface area contributed by atoms with Crippen LogP contribution in [0.4, 0.5) is 0 Å². The van der Waals surface area contributed by atoms with Crippen molar-refractivity contribution in [1.29, 1.82) is 0 Å². The van der Waals surface area contributed by atoms with Crippen LogP contribution in [0.25, 0.3) is 0 Å². The zero-order valence-corrected chi connectivity index (χ0v) is 22.5. The largest absolute Gasteiger partial charge is 0.461 e. The van der Waals surface area contributed by atoms with Crippen molar-refractivity contribution in [2.45, 2.75) is 73.3 Å². The number of benzene rings is 2. The van der Waals surface area contributed by atoms with Crippen molar-refractivity contribution in [1.82, 2.24) is 10.6 Å². The van der Waals surface area contributed by atoms with Gasteiger partial charge in [-0.2, -0.15) is 0 Å². The van der Waals surface area contributed by atoms with E-state index in [1.807, 2.05) is 60.7 Å². The second-order valence-corrected chi connectivity index (χ2v) is 10.2.